The van der Waals surface area contributed by atoms with Crippen molar-refractivity contribution in [1.29, 1.82) is 0 Å². The van der Waals surface area contributed by atoms with Crippen LogP contribution < -0.4 is 10.1 Å². The molecule has 8 nitrogen and oxygen atoms in total. The van der Waals surface area contributed by atoms with Gasteiger partial charge in [-0.25, -0.2) is 4.98 Å². The number of aromatic nitrogens is 4. The summed E-state index contributed by atoms with van der Waals surface area (Å²) >= 11 is 0. The van der Waals surface area contributed by atoms with E-state index in [0.717, 1.165) is 58.2 Å². The molecular weight excluding hydrogens is 368 g/mol. The van der Waals surface area contributed by atoms with Gasteiger partial charge in [0.05, 0.1) is 30.9 Å². The number of oxime groups is 1. The summed E-state index contributed by atoms with van der Waals surface area (Å²) in [7, 11) is 1.61. The maximum Gasteiger partial charge on any atom is 0.157 e. The second kappa shape index (κ2) is 6.90. The molecule has 0 saturated carbocycles. The zero-order chi connectivity index (χ0) is 19.8. The molecule has 0 radical (unpaired) electrons. The number of hydrogen-bond donors (Lipinski definition) is 2. The zero-order valence-electron chi connectivity index (χ0n) is 15.7. The molecule has 144 valence electrons. The number of aryl methyl sites for hydroxylation is 1. The maximum absolute atomic E-state index is 9.15. The maximum atomic E-state index is 9.15. The number of ether oxygens (including phenoxy) is 1. The van der Waals surface area contributed by atoms with E-state index in [9.17, 15) is 0 Å². The van der Waals surface area contributed by atoms with Crippen molar-refractivity contribution in [3.8, 4) is 17.1 Å². The number of nitrogens with one attached hydrogen (secondary N) is 1. The fraction of sp³-hybridized carbons (Fsp3) is 0.143. The SMILES string of the molecule is COc1ccc(-c2nc3cnccn3c2Nc2ccc3c(c2)CC/C3=N\O)nc1. The molecule has 0 saturated heterocycles. The molecule has 3 aromatic heterocycles. The van der Waals surface area contributed by atoms with Crippen molar-refractivity contribution in [1.82, 2.24) is 19.4 Å². The molecule has 0 fully saturated rings. The molecule has 4 aromatic rings. The summed E-state index contributed by atoms with van der Waals surface area (Å²) in [5.41, 5.74) is 5.98. The van der Waals surface area contributed by atoms with Gasteiger partial charge in [-0.2, -0.15) is 0 Å². The average Bonchev–Trinajstić information content (AvgIpc) is 3.35. The van der Waals surface area contributed by atoms with Crippen molar-refractivity contribution in [2.24, 2.45) is 5.16 Å². The minimum atomic E-state index is 0.689. The minimum absolute atomic E-state index is 0.689. The monoisotopic (exact) mass is 386 g/mol. The van der Waals surface area contributed by atoms with Gasteiger partial charge in [0.25, 0.3) is 0 Å². The molecule has 0 spiro atoms. The lowest BCUT2D eigenvalue weighted by Gasteiger charge is -2.10. The molecule has 1 aliphatic rings. The number of fused-ring (bicyclic) bond motifs is 2. The fourth-order valence-corrected chi connectivity index (χ4v) is 3.63. The van der Waals surface area contributed by atoms with Gasteiger partial charge in [-0.1, -0.05) is 11.2 Å². The molecule has 5 rings (SSSR count). The quantitative estimate of drug-likeness (QED) is 0.410. The number of methoxy groups -OCH3 is 1. The van der Waals surface area contributed by atoms with Gasteiger partial charge in [0, 0.05) is 23.6 Å². The second-order valence-electron chi connectivity index (χ2n) is 6.74. The van der Waals surface area contributed by atoms with Gasteiger partial charge < -0.3 is 15.3 Å². The van der Waals surface area contributed by atoms with Crippen molar-refractivity contribution < 1.29 is 9.94 Å². The Morgan fingerprint density at radius 3 is 2.90 bits per heavy atom. The van der Waals surface area contributed by atoms with Crippen LogP contribution in [-0.4, -0.2) is 37.4 Å². The predicted molar refractivity (Wildman–Crippen MR) is 109 cm³/mol. The third kappa shape index (κ3) is 2.94. The number of benzene rings is 1. The number of pyridine rings is 1. The summed E-state index contributed by atoms with van der Waals surface area (Å²) in [6, 6.07) is 9.78. The first kappa shape index (κ1) is 17.2. The molecule has 0 amide bonds. The molecule has 1 aromatic carbocycles. The summed E-state index contributed by atoms with van der Waals surface area (Å²) in [6.45, 7) is 0. The Morgan fingerprint density at radius 1 is 1.17 bits per heavy atom. The van der Waals surface area contributed by atoms with Crippen molar-refractivity contribution >= 4 is 22.9 Å². The molecule has 0 unspecified atom stereocenters. The van der Waals surface area contributed by atoms with E-state index >= 15 is 0 Å². The molecule has 3 heterocycles. The topological polar surface area (TPSA) is 96.9 Å². The van der Waals surface area contributed by atoms with Gasteiger partial charge in [-0.3, -0.25) is 14.4 Å². The summed E-state index contributed by atoms with van der Waals surface area (Å²) in [5.74, 6) is 1.49. The highest BCUT2D eigenvalue weighted by atomic mass is 16.5. The van der Waals surface area contributed by atoms with Crippen LogP contribution in [0.25, 0.3) is 17.0 Å². The van der Waals surface area contributed by atoms with Gasteiger partial charge in [-0.15, -0.1) is 0 Å². The number of imidazole rings is 1. The Morgan fingerprint density at radius 2 is 2.10 bits per heavy atom. The van der Waals surface area contributed by atoms with Gasteiger partial charge in [0.2, 0.25) is 0 Å². The fourth-order valence-electron chi connectivity index (χ4n) is 3.63. The number of anilines is 2. The predicted octanol–water partition coefficient (Wildman–Crippen LogP) is 3.67. The van der Waals surface area contributed by atoms with Crippen LogP contribution in [-0.2, 0) is 6.42 Å². The summed E-state index contributed by atoms with van der Waals surface area (Å²) in [5, 5.41) is 16.0. The summed E-state index contributed by atoms with van der Waals surface area (Å²) < 4.78 is 7.16. The number of rotatable bonds is 4. The Balaban J connectivity index is 1.59. The highest BCUT2D eigenvalue weighted by molar-refractivity contribution is 6.04. The van der Waals surface area contributed by atoms with Crippen LogP contribution in [0, 0.1) is 0 Å². The number of hydrogen-bond acceptors (Lipinski definition) is 7. The number of nitrogens with zero attached hydrogens (tertiary/aromatic N) is 5. The van der Waals surface area contributed by atoms with Crippen molar-refractivity contribution in [2.75, 3.05) is 12.4 Å². The van der Waals surface area contributed by atoms with E-state index < -0.39 is 0 Å². The van der Waals surface area contributed by atoms with E-state index in [4.69, 9.17) is 14.9 Å². The van der Waals surface area contributed by atoms with E-state index in [1.165, 1.54) is 0 Å². The molecule has 8 heteroatoms. The Hall–Kier alpha value is -3.94. The van der Waals surface area contributed by atoms with Gasteiger partial charge >= 0.3 is 0 Å². The van der Waals surface area contributed by atoms with Crippen molar-refractivity contribution in [2.45, 2.75) is 12.8 Å². The Kier molecular flexibility index (Phi) is 4.09. The molecule has 0 bridgehead atoms. The first-order valence-electron chi connectivity index (χ1n) is 9.20. The van der Waals surface area contributed by atoms with Crippen molar-refractivity contribution in [3.63, 3.8) is 0 Å². The third-order valence-electron chi connectivity index (χ3n) is 5.08. The first-order valence-corrected chi connectivity index (χ1v) is 9.20. The van der Waals surface area contributed by atoms with Gasteiger partial charge in [0.15, 0.2) is 5.65 Å². The van der Waals surface area contributed by atoms with E-state index in [1.54, 1.807) is 25.7 Å². The average molecular weight is 386 g/mol. The third-order valence-corrected chi connectivity index (χ3v) is 5.08. The zero-order valence-corrected chi connectivity index (χ0v) is 15.7. The lowest BCUT2D eigenvalue weighted by Crippen LogP contribution is -1.99. The van der Waals surface area contributed by atoms with E-state index in [1.807, 2.05) is 34.9 Å². The largest absolute Gasteiger partial charge is 0.495 e. The van der Waals surface area contributed by atoms with Crippen LogP contribution >= 0.6 is 0 Å². The molecule has 1 aliphatic carbocycles. The summed E-state index contributed by atoms with van der Waals surface area (Å²) in [4.78, 5) is 13.4. The van der Waals surface area contributed by atoms with Gasteiger partial charge in [-0.05, 0) is 42.7 Å². The molecular formula is C21H18N6O2. The molecule has 0 aliphatic heterocycles. The Labute approximate surface area is 166 Å². The normalized spacial score (nSPS) is 14.3. The van der Waals surface area contributed by atoms with E-state index in [2.05, 4.69) is 26.5 Å². The van der Waals surface area contributed by atoms with Crippen LogP contribution in [0.4, 0.5) is 11.5 Å². The van der Waals surface area contributed by atoms with Crippen LogP contribution in [0.5, 0.6) is 5.75 Å². The highest BCUT2D eigenvalue weighted by Crippen LogP contribution is 2.32. The van der Waals surface area contributed by atoms with Crippen molar-refractivity contribution in [3.05, 3.63) is 66.2 Å². The van der Waals surface area contributed by atoms with Gasteiger partial charge in [0.1, 0.15) is 17.3 Å². The minimum Gasteiger partial charge on any atom is -0.495 e. The molecule has 2 N–H and O–H groups in total. The smallest absolute Gasteiger partial charge is 0.157 e. The first-order chi connectivity index (χ1) is 14.3. The van der Waals surface area contributed by atoms with Crippen LogP contribution in [0.1, 0.15) is 17.5 Å². The second-order valence-corrected chi connectivity index (χ2v) is 6.74. The highest BCUT2D eigenvalue weighted by Gasteiger charge is 2.20. The van der Waals surface area contributed by atoms with Crippen LogP contribution in [0.15, 0.2) is 60.3 Å². The standard InChI is InChI=1S/C21H18N6O2/c1-29-15-4-7-18(23-11-15)20-21(27-9-8-22-12-19(27)25-20)24-14-3-5-16-13(10-14)2-6-17(16)26-28/h3-5,7-12,24,28H,2,6H2,1H3/b26-17+. The van der Waals surface area contributed by atoms with Crippen LogP contribution in [0.3, 0.4) is 0 Å². The van der Waals surface area contributed by atoms with Crippen LogP contribution in [0.2, 0.25) is 0 Å². The Bertz CT molecular complexity index is 1230. The van der Waals surface area contributed by atoms with E-state index in [-0.39, 0.29) is 0 Å². The van der Waals surface area contributed by atoms with E-state index in [0.29, 0.717) is 5.75 Å². The molecule has 29 heavy (non-hydrogen) atoms. The lowest BCUT2D eigenvalue weighted by atomic mass is 10.1. The molecule has 0 atom stereocenters. The lowest BCUT2D eigenvalue weighted by molar-refractivity contribution is 0.318. The summed E-state index contributed by atoms with van der Waals surface area (Å²) in [6.07, 6.45) is 8.57.